The summed E-state index contributed by atoms with van der Waals surface area (Å²) in [5, 5.41) is 5.29. The SMILES string of the molecule is CC1CCc2c(F)cccc2C1NC(=O)CNC(=O)CN. The van der Waals surface area contributed by atoms with Gasteiger partial charge in [0.1, 0.15) is 5.82 Å². The summed E-state index contributed by atoms with van der Waals surface area (Å²) in [6.45, 7) is 1.75. The minimum absolute atomic E-state index is 0.121. The number of nitrogens with two attached hydrogens (primary N) is 1. The summed E-state index contributed by atoms with van der Waals surface area (Å²) >= 11 is 0. The zero-order valence-corrected chi connectivity index (χ0v) is 12.0. The van der Waals surface area contributed by atoms with Gasteiger partial charge in [-0.3, -0.25) is 9.59 Å². The Labute approximate surface area is 123 Å². The van der Waals surface area contributed by atoms with Crippen molar-refractivity contribution in [2.45, 2.75) is 25.8 Å². The lowest BCUT2D eigenvalue weighted by Crippen LogP contribution is -2.43. The molecule has 4 N–H and O–H groups in total. The summed E-state index contributed by atoms with van der Waals surface area (Å²) < 4.78 is 13.8. The molecule has 5 nitrogen and oxygen atoms in total. The molecule has 2 amide bonds. The predicted octanol–water partition coefficient (Wildman–Crippen LogP) is 0.640. The van der Waals surface area contributed by atoms with Gasteiger partial charge in [-0.15, -0.1) is 0 Å². The van der Waals surface area contributed by atoms with E-state index in [0.717, 1.165) is 12.0 Å². The monoisotopic (exact) mass is 293 g/mol. The quantitative estimate of drug-likeness (QED) is 0.761. The third-order valence-electron chi connectivity index (χ3n) is 3.86. The van der Waals surface area contributed by atoms with Crippen molar-refractivity contribution in [3.05, 3.63) is 35.1 Å². The highest BCUT2D eigenvalue weighted by Crippen LogP contribution is 2.35. The first-order valence-corrected chi connectivity index (χ1v) is 7.06. The fourth-order valence-electron chi connectivity index (χ4n) is 2.67. The Morgan fingerprint density at radius 3 is 2.86 bits per heavy atom. The second-order valence-electron chi connectivity index (χ2n) is 5.35. The summed E-state index contributed by atoms with van der Waals surface area (Å²) in [5.41, 5.74) is 6.66. The first-order chi connectivity index (χ1) is 10.0. The van der Waals surface area contributed by atoms with E-state index in [2.05, 4.69) is 10.6 Å². The maximum absolute atomic E-state index is 13.8. The summed E-state index contributed by atoms with van der Waals surface area (Å²) in [6, 6.07) is 4.71. The molecule has 2 atom stereocenters. The highest BCUT2D eigenvalue weighted by molar-refractivity contribution is 5.85. The van der Waals surface area contributed by atoms with Crippen LogP contribution in [0, 0.1) is 11.7 Å². The molecule has 1 aromatic rings. The molecule has 0 radical (unpaired) electrons. The van der Waals surface area contributed by atoms with Gasteiger partial charge in [0.15, 0.2) is 0 Å². The Hall–Kier alpha value is -1.95. The van der Waals surface area contributed by atoms with Gasteiger partial charge in [0.2, 0.25) is 11.8 Å². The minimum Gasteiger partial charge on any atom is -0.347 e. The van der Waals surface area contributed by atoms with Gasteiger partial charge in [0.05, 0.1) is 19.1 Å². The average molecular weight is 293 g/mol. The van der Waals surface area contributed by atoms with E-state index in [0.29, 0.717) is 12.0 Å². The van der Waals surface area contributed by atoms with Crippen LogP contribution in [0.2, 0.25) is 0 Å². The van der Waals surface area contributed by atoms with Gasteiger partial charge in [-0.25, -0.2) is 4.39 Å². The van der Waals surface area contributed by atoms with Crippen molar-refractivity contribution in [2.24, 2.45) is 11.7 Å². The lowest BCUT2D eigenvalue weighted by molar-refractivity contribution is -0.126. The van der Waals surface area contributed by atoms with Gasteiger partial charge in [0, 0.05) is 0 Å². The molecule has 6 heteroatoms. The number of hydrogen-bond donors (Lipinski definition) is 3. The van der Waals surface area contributed by atoms with Crippen molar-refractivity contribution in [3.63, 3.8) is 0 Å². The Kier molecular flexibility index (Phi) is 4.90. The summed E-state index contributed by atoms with van der Waals surface area (Å²) in [6.07, 6.45) is 1.49. The van der Waals surface area contributed by atoms with Crippen LogP contribution < -0.4 is 16.4 Å². The Morgan fingerprint density at radius 2 is 2.14 bits per heavy atom. The lowest BCUT2D eigenvalue weighted by atomic mass is 9.80. The molecule has 0 saturated heterocycles. The number of carbonyl (C=O) groups is 2. The number of fused-ring (bicyclic) bond motifs is 1. The zero-order valence-electron chi connectivity index (χ0n) is 12.0. The topological polar surface area (TPSA) is 84.2 Å². The van der Waals surface area contributed by atoms with Crippen LogP contribution in [0.15, 0.2) is 18.2 Å². The van der Waals surface area contributed by atoms with Crippen LogP contribution >= 0.6 is 0 Å². The van der Waals surface area contributed by atoms with Gasteiger partial charge in [-0.1, -0.05) is 19.1 Å². The van der Waals surface area contributed by atoms with Crippen LogP contribution in [0.25, 0.3) is 0 Å². The maximum Gasteiger partial charge on any atom is 0.239 e. The first kappa shape index (κ1) is 15.4. The molecular weight excluding hydrogens is 273 g/mol. The van der Waals surface area contributed by atoms with Crippen LogP contribution in [-0.2, 0) is 16.0 Å². The largest absolute Gasteiger partial charge is 0.347 e. The molecule has 0 fully saturated rings. The Balaban J connectivity index is 2.08. The number of carbonyl (C=O) groups excluding carboxylic acids is 2. The normalized spacial score (nSPS) is 20.5. The summed E-state index contributed by atoms with van der Waals surface area (Å²) in [7, 11) is 0. The van der Waals surface area contributed by atoms with Crippen molar-refractivity contribution in [1.82, 2.24) is 10.6 Å². The second-order valence-corrected chi connectivity index (χ2v) is 5.35. The van der Waals surface area contributed by atoms with Crippen LogP contribution in [0.1, 0.15) is 30.5 Å². The highest BCUT2D eigenvalue weighted by Gasteiger charge is 2.29. The molecule has 0 heterocycles. The van der Waals surface area contributed by atoms with E-state index >= 15 is 0 Å². The van der Waals surface area contributed by atoms with Gasteiger partial charge < -0.3 is 16.4 Å². The predicted molar refractivity (Wildman–Crippen MR) is 76.8 cm³/mol. The van der Waals surface area contributed by atoms with Crippen molar-refractivity contribution in [1.29, 1.82) is 0 Å². The van der Waals surface area contributed by atoms with Crippen LogP contribution in [0.3, 0.4) is 0 Å². The van der Waals surface area contributed by atoms with Crippen molar-refractivity contribution in [3.8, 4) is 0 Å². The molecule has 0 spiro atoms. The zero-order chi connectivity index (χ0) is 15.4. The number of rotatable bonds is 4. The van der Waals surface area contributed by atoms with Gasteiger partial charge in [0.25, 0.3) is 0 Å². The van der Waals surface area contributed by atoms with E-state index in [9.17, 15) is 14.0 Å². The molecule has 0 bridgehead atoms. The third kappa shape index (κ3) is 3.58. The van der Waals surface area contributed by atoms with Crippen LogP contribution in [0.5, 0.6) is 0 Å². The smallest absolute Gasteiger partial charge is 0.239 e. The van der Waals surface area contributed by atoms with E-state index in [4.69, 9.17) is 5.73 Å². The molecule has 1 aliphatic rings. The third-order valence-corrected chi connectivity index (χ3v) is 3.86. The number of hydrogen-bond acceptors (Lipinski definition) is 3. The molecule has 1 aromatic carbocycles. The first-order valence-electron chi connectivity index (χ1n) is 7.06. The van der Waals surface area contributed by atoms with Crippen molar-refractivity contribution >= 4 is 11.8 Å². The molecule has 0 aromatic heterocycles. The summed E-state index contributed by atoms with van der Waals surface area (Å²) in [4.78, 5) is 23.0. The van der Waals surface area contributed by atoms with E-state index in [1.165, 1.54) is 6.07 Å². The summed E-state index contributed by atoms with van der Waals surface area (Å²) in [5.74, 6) is -0.692. The fraction of sp³-hybridized carbons (Fsp3) is 0.467. The standard InChI is InChI=1S/C15H20FN3O2/c1-9-5-6-10-11(3-2-4-12(10)16)15(9)19-14(21)8-18-13(20)7-17/h2-4,9,15H,5-8,17H2,1H3,(H,18,20)(H,19,21). The van der Waals surface area contributed by atoms with E-state index in [-0.39, 0.29) is 42.7 Å². The molecule has 1 aliphatic carbocycles. The molecule has 0 saturated carbocycles. The van der Waals surface area contributed by atoms with Gasteiger partial charge in [-0.2, -0.15) is 0 Å². The molecule has 21 heavy (non-hydrogen) atoms. The minimum atomic E-state index is -0.381. The lowest BCUT2D eigenvalue weighted by Gasteiger charge is -2.32. The number of benzene rings is 1. The molecule has 2 unspecified atom stereocenters. The molecule has 2 rings (SSSR count). The molecule has 114 valence electrons. The van der Waals surface area contributed by atoms with Gasteiger partial charge in [-0.05, 0) is 36.0 Å². The Bertz CT molecular complexity index is 548. The van der Waals surface area contributed by atoms with E-state index in [1.807, 2.05) is 13.0 Å². The van der Waals surface area contributed by atoms with Crippen LogP contribution in [-0.4, -0.2) is 24.9 Å². The average Bonchev–Trinajstić information content (AvgIpc) is 2.48. The maximum atomic E-state index is 13.8. The van der Waals surface area contributed by atoms with Crippen molar-refractivity contribution < 1.29 is 14.0 Å². The Morgan fingerprint density at radius 1 is 1.38 bits per heavy atom. The number of halogens is 1. The molecule has 0 aliphatic heterocycles. The number of amides is 2. The van der Waals surface area contributed by atoms with Gasteiger partial charge >= 0.3 is 0 Å². The fourth-order valence-corrected chi connectivity index (χ4v) is 2.67. The highest BCUT2D eigenvalue weighted by atomic mass is 19.1. The van der Waals surface area contributed by atoms with E-state index < -0.39 is 0 Å². The second kappa shape index (κ2) is 6.67. The van der Waals surface area contributed by atoms with E-state index in [1.54, 1.807) is 6.07 Å². The van der Waals surface area contributed by atoms with Crippen LogP contribution in [0.4, 0.5) is 4.39 Å². The number of nitrogens with one attached hydrogen (secondary N) is 2. The van der Waals surface area contributed by atoms with Crippen molar-refractivity contribution in [2.75, 3.05) is 13.1 Å². The molecular formula is C15H20FN3O2.